The molecule has 1 aliphatic rings. The molecule has 2 aromatic rings. The number of methoxy groups -OCH3 is 1. The summed E-state index contributed by atoms with van der Waals surface area (Å²) in [5, 5.41) is 1.10. The van der Waals surface area contributed by atoms with E-state index < -0.39 is 27.6 Å². The fraction of sp³-hybridized carbons (Fsp3) is 0.167. The van der Waals surface area contributed by atoms with Crippen LogP contribution in [0, 0.1) is 5.82 Å². The molecule has 0 saturated carbocycles. The van der Waals surface area contributed by atoms with Crippen molar-refractivity contribution in [1.29, 1.82) is 0 Å². The molecular formula is C18H16FNO4S. The lowest BCUT2D eigenvalue weighted by Crippen LogP contribution is -2.41. The van der Waals surface area contributed by atoms with Crippen molar-refractivity contribution in [2.45, 2.75) is 6.04 Å². The van der Waals surface area contributed by atoms with Crippen LogP contribution in [0.15, 0.2) is 60.0 Å². The van der Waals surface area contributed by atoms with E-state index in [0.717, 1.165) is 11.5 Å². The van der Waals surface area contributed by atoms with E-state index in [9.17, 15) is 17.6 Å². The van der Waals surface area contributed by atoms with E-state index in [1.807, 2.05) is 0 Å². The molecule has 3 rings (SSSR count). The summed E-state index contributed by atoms with van der Waals surface area (Å²) in [7, 11) is -1.83. The Morgan fingerprint density at radius 3 is 2.48 bits per heavy atom. The number of hydrogen-bond donors (Lipinski definition) is 0. The summed E-state index contributed by atoms with van der Waals surface area (Å²) in [5.74, 6) is -0.608. The number of rotatable bonds is 4. The number of benzene rings is 2. The summed E-state index contributed by atoms with van der Waals surface area (Å²) in [6, 6.07) is 11.3. The van der Waals surface area contributed by atoms with Gasteiger partial charge in [-0.2, -0.15) is 0 Å². The predicted octanol–water partition coefficient (Wildman–Crippen LogP) is 2.79. The number of ether oxygens (including phenoxy) is 1. The lowest BCUT2D eigenvalue weighted by molar-refractivity contribution is 0.0982. The molecule has 1 heterocycles. The number of carbonyl (C=O) groups excluding carboxylic acids is 1. The van der Waals surface area contributed by atoms with Gasteiger partial charge in [-0.1, -0.05) is 6.07 Å². The van der Waals surface area contributed by atoms with Crippen LogP contribution in [0.3, 0.4) is 0 Å². The Bertz CT molecular complexity index is 922. The molecular weight excluding hydrogens is 345 g/mol. The Labute approximate surface area is 145 Å². The Morgan fingerprint density at radius 1 is 1.20 bits per heavy atom. The average Bonchev–Trinajstić information content (AvgIpc) is 2.95. The first-order valence-electron chi connectivity index (χ1n) is 7.54. The zero-order valence-electron chi connectivity index (χ0n) is 13.4. The highest BCUT2D eigenvalue weighted by molar-refractivity contribution is 7.94. The van der Waals surface area contributed by atoms with Gasteiger partial charge in [-0.05, 0) is 48.5 Å². The second-order valence-corrected chi connectivity index (χ2v) is 7.54. The van der Waals surface area contributed by atoms with Crippen molar-refractivity contribution in [3.8, 4) is 5.75 Å². The highest BCUT2D eigenvalue weighted by Crippen LogP contribution is 2.27. The van der Waals surface area contributed by atoms with Crippen LogP contribution in [0.5, 0.6) is 5.75 Å². The van der Waals surface area contributed by atoms with Gasteiger partial charge in [0.1, 0.15) is 11.6 Å². The molecule has 1 amide bonds. The lowest BCUT2D eigenvalue weighted by Gasteiger charge is -2.28. The quantitative estimate of drug-likeness (QED) is 0.840. The number of halogens is 1. The molecule has 0 aliphatic carbocycles. The van der Waals surface area contributed by atoms with Crippen molar-refractivity contribution in [2.24, 2.45) is 0 Å². The van der Waals surface area contributed by atoms with Crippen LogP contribution in [0.4, 0.5) is 10.1 Å². The molecule has 0 N–H and O–H groups in total. The summed E-state index contributed by atoms with van der Waals surface area (Å²) in [6.07, 6.45) is 1.47. The molecule has 0 bridgehead atoms. The third kappa shape index (κ3) is 3.71. The number of amides is 1. The SMILES string of the molecule is COc1ccc(N(C(=O)c2cccc(F)c2)[C@H]2C=CS(=O)(=O)C2)cc1. The topological polar surface area (TPSA) is 63.7 Å². The van der Waals surface area contributed by atoms with Gasteiger partial charge in [-0.3, -0.25) is 4.79 Å². The molecule has 5 nitrogen and oxygen atoms in total. The van der Waals surface area contributed by atoms with E-state index in [4.69, 9.17) is 4.74 Å². The largest absolute Gasteiger partial charge is 0.497 e. The minimum atomic E-state index is -3.36. The molecule has 0 fully saturated rings. The Hall–Kier alpha value is -2.67. The first kappa shape index (κ1) is 17.2. The maximum absolute atomic E-state index is 13.5. The second kappa shape index (κ2) is 6.68. The predicted molar refractivity (Wildman–Crippen MR) is 92.9 cm³/mol. The van der Waals surface area contributed by atoms with Gasteiger partial charge >= 0.3 is 0 Å². The van der Waals surface area contributed by atoms with Gasteiger partial charge in [0.05, 0.1) is 18.9 Å². The van der Waals surface area contributed by atoms with Crippen LogP contribution in [0.25, 0.3) is 0 Å². The molecule has 130 valence electrons. The Morgan fingerprint density at radius 2 is 1.92 bits per heavy atom. The van der Waals surface area contributed by atoms with Crippen molar-refractivity contribution < 1.29 is 22.3 Å². The number of sulfone groups is 1. The summed E-state index contributed by atoms with van der Waals surface area (Å²) >= 11 is 0. The summed E-state index contributed by atoms with van der Waals surface area (Å²) < 4.78 is 42.2. The highest BCUT2D eigenvalue weighted by atomic mass is 32.2. The zero-order chi connectivity index (χ0) is 18.0. The molecule has 2 aromatic carbocycles. The van der Waals surface area contributed by atoms with Gasteiger partial charge in [0.2, 0.25) is 0 Å². The standard InChI is InChI=1S/C18H16FNO4S/c1-24-17-7-5-15(6-8-17)20(16-9-10-25(22,23)12-16)18(21)13-3-2-4-14(19)11-13/h2-11,16H,12H2,1H3/t16-/m0/s1. The minimum Gasteiger partial charge on any atom is -0.497 e. The van der Waals surface area contributed by atoms with Crippen molar-refractivity contribution in [3.63, 3.8) is 0 Å². The van der Waals surface area contributed by atoms with Gasteiger partial charge in [-0.15, -0.1) is 0 Å². The summed E-state index contributed by atoms with van der Waals surface area (Å²) in [6.45, 7) is 0. The van der Waals surface area contributed by atoms with Crippen LogP contribution in [0.1, 0.15) is 10.4 Å². The molecule has 0 saturated heterocycles. The van der Waals surface area contributed by atoms with Crippen LogP contribution in [0.2, 0.25) is 0 Å². The lowest BCUT2D eigenvalue weighted by atomic mass is 10.1. The normalized spacial score (nSPS) is 18.1. The van der Waals surface area contributed by atoms with Crippen molar-refractivity contribution in [1.82, 2.24) is 0 Å². The van der Waals surface area contributed by atoms with Crippen LogP contribution in [-0.2, 0) is 9.84 Å². The van der Waals surface area contributed by atoms with E-state index in [0.29, 0.717) is 11.4 Å². The van der Waals surface area contributed by atoms with Crippen molar-refractivity contribution in [3.05, 3.63) is 71.4 Å². The third-order valence-electron chi connectivity index (χ3n) is 3.88. The molecule has 0 spiro atoms. The average molecular weight is 361 g/mol. The Kier molecular flexibility index (Phi) is 4.59. The van der Waals surface area contributed by atoms with Gasteiger partial charge in [0, 0.05) is 16.7 Å². The van der Waals surface area contributed by atoms with Gasteiger partial charge in [0.25, 0.3) is 5.91 Å². The van der Waals surface area contributed by atoms with Crippen LogP contribution >= 0.6 is 0 Å². The van der Waals surface area contributed by atoms with E-state index in [2.05, 4.69) is 0 Å². The fourth-order valence-corrected chi connectivity index (χ4v) is 3.95. The fourth-order valence-electron chi connectivity index (χ4n) is 2.68. The highest BCUT2D eigenvalue weighted by Gasteiger charge is 2.32. The molecule has 0 unspecified atom stereocenters. The zero-order valence-corrected chi connectivity index (χ0v) is 14.2. The maximum atomic E-state index is 13.5. The van der Waals surface area contributed by atoms with E-state index >= 15 is 0 Å². The smallest absolute Gasteiger partial charge is 0.258 e. The maximum Gasteiger partial charge on any atom is 0.258 e. The number of carbonyl (C=O) groups is 1. The summed E-state index contributed by atoms with van der Waals surface area (Å²) in [5.41, 5.74) is 0.648. The third-order valence-corrected chi connectivity index (χ3v) is 5.26. The number of nitrogens with zero attached hydrogens (tertiary/aromatic N) is 1. The van der Waals surface area contributed by atoms with E-state index in [-0.39, 0.29) is 11.3 Å². The first-order valence-corrected chi connectivity index (χ1v) is 9.25. The van der Waals surface area contributed by atoms with Crippen molar-refractivity contribution >= 4 is 21.4 Å². The first-order chi connectivity index (χ1) is 11.9. The van der Waals surface area contributed by atoms with E-state index in [1.54, 1.807) is 24.3 Å². The number of anilines is 1. The Balaban J connectivity index is 2.02. The molecule has 0 radical (unpaired) electrons. The molecule has 25 heavy (non-hydrogen) atoms. The number of hydrogen-bond acceptors (Lipinski definition) is 4. The molecule has 0 aromatic heterocycles. The van der Waals surface area contributed by atoms with Gasteiger partial charge in [0.15, 0.2) is 9.84 Å². The monoisotopic (exact) mass is 361 g/mol. The van der Waals surface area contributed by atoms with Gasteiger partial charge < -0.3 is 9.64 Å². The molecule has 1 atom stereocenters. The van der Waals surface area contributed by atoms with E-state index in [1.165, 1.54) is 36.3 Å². The molecule has 7 heteroatoms. The van der Waals surface area contributed by atoms with Crippen LogP contribution in [-0.4, -0.2) is 33.2 Å². The second-order valence-electron chi connectivity index (χ2n) is 5.61. The van der Waals surface area contributed by atoms with Crippen LogP contribution < -0.4 is 9.64 Å². The summed E-state index contributed by atoms with van der Waals surface area (Å²) in [4.78, 5) is 14.3. The molecule has 1 aliphatic heterocycles. The van der Waals surface area contributed by atoms with Gasteiger partial charge in [-0.25, -0.2) is 12.8 Å². The minimum absolute atomic E-state index is 0.147. The van der Waals surface area contributed by atoms with Crippen molar-refractivity contribution in [2.75, 3.05) is 17.8 Å².